The molecule has 2 atom stereocenters. The molecule has 0 aromatic rings. The SMILES string of the molecule is NC(C1CCC1)C1CCCOC1. The van der Waals surface area contributed by atoms with Crippen LogP contribution in [0.15, 0.2) is 0 Å². The van der Waals surface area contributed by atoms with Gasteiger partial charge in [-0.05, 0) is 37.5 Å². The van der Waals surface area contributed by atoms with Gasteiger partial charge >= 0.3 is 0 Å². The summed E-state index contributed by atoms with van der Waals surface area (Å²) in [5.74, 6) is 1.47. The third-order valence-electron chi connectivity index (χ3n) is 3.43. The van der Waals surface area contributed by atoms with Crippen molar-refractivity contribution in [3.8, 4) is 0 Å². The first-order chi connectivity index (χ1) is 5.88. The Morgan fingerprint density at radius 1 is 1.08 bits per heavy atom. The summed E-state index contributed by atoms with van der Waals surface area (Å²) in [6.07, 6.45) is 6.62. The van der Waals surface area contributed by atoms with Crippen LogP contribution in [0.5, 0.6) is 0 Å². The molecule has 0 radical (unpaired) electrons. The summed E-state index contributed by atoms with van der Waals surface area (Å²) in [4.78, 5) is 0. The maximum Gasteiger partial charge on any atom is 0.0509 e. The molecule has 12 heavy (non-hydrogen) atoms. The lowest BCUT2D eigenvalue weighted by Crippen LogP contribution is -2.44. The van der Waals surface area contributed by atoms with Gasteiger partial charge in [0.05, 0.1) is 6.61 Å². The minimum Gasteiger partial charge on any atom is -0.381 e. The number of hydrogen-bond acceptors (Lipinski definition) is 2. The summed E-state index contributed by atoms with van der Waals surface area (Å²) in [7, 11) is 0. The first-order valence-corrected chi connectivity index (χ1v) is 5.21. The van der Waals surface area contributed by atoms with E-state index in [0.717, 1.165) is 19.1 Å². The molecule has 1 aliphatic carbocycles. The zero-order valence-electron chi connectivity index (χ0n) is 7.67. The molecule has 2 heteroatoms. The minimum absolute atomic E-state index is 0.430. The van der Waals surface area contributed by atoms with Crippen molar-refractivity contribution in [2.24, 2.45) is 17.6 Å². The molecule has 0 bridgehead atoms. The van der Waals surface area contributed by atoms with Gasteiger partial charge in [-0.2, -0.15) is 0 Å². The van der Waals surface area contributed by atoms with Crippen LogP contribution in [-0.2, 0) is 4.74 Å². The van der Waals surface area contributed by atoms with Gasteiger partial charge in [0.1, 0.15) is 0 Å². The summed E-state index contributed by atoms with van der Waals surface area (Å²) in [5, 5.41) is 0. The Kier molecular flexibility index (Phi) is 2.66. The van der Waals surface area contributed by atoms with E-state index in [1.165, 1.54) is 32.1 Å². The number of hydrogen-bond donors (Lipinski definition) is 1. The first-order valence-electron chi connectivity index (χ1n) is 5.21. The Labute approximate surface area is 74.5 Å². The molecule has 70 valence electrons. The largest absolute Gasteiger partial charge is 0.381 e. The standard InChI is InChI=1S/C10H19NO/c11-10(8-3-1-4-8)9-5-2-6-12-7-9/h8-10H,1-7,11H2. The van der Waals surface area contributed by atoms with E-state index in [9.17, 15) is 0 Å². The topological polar surface area (TPSA) is 35.2 Å². The zero-order valence-corrected chi connectivity index (χ0v) is 7.67. The van der Waals surface area contributed by atoms with Crippen LogP contribution >= 0.6 is 0 Å². The second-order valence-electron chi connectivity index (χ2n) is 4.25. The van der Waals surface area contributed by atoms with Crippen LogP contribution in [-0.4, -0.2) is 19.3 Å². The van der Waals surface area contributed by atoms with Crippen molar-refractivity contribution in [3.05, 3.63) is 0 Å². The molecule has 2 unspecified atom stereocenters. The molecule has 1 saturated carbocycles. The lowest BCUT2D eigenvalue weighted by Gasteiger charge is -2.37. The summed E-state index contributed by atoms with van der Waals surface area (Å²) in [6, 6.07) is 0.430. The number of ether oxygens (including phenoxy) is 1. The molecule has 2 rings (SSSR count). The molecule has 1 heterocycles. The van der Waals surface area contributed by atoms with Gasteiger partial charge in [0.25, 0.3) is 0 Å². The summed E-state index contributed by atoms with van der Waals surface area (Å²) in [5.41, 5.74) is 6.17. The molecule has 2 fully saturated rings. The Hall–Kier alpha value is -0.0800. The highest BCUT2D eigenvalue weighted by Gasteiger charge is 2.31. The smallest absolute Gasteiger partial charge is 0.0509 e. The summed E-state index contributed by atoms with van der Waals surface area (Å²) < 4.78 is 5.44. The third-order valence-corrected chi connectivity index (χ3v) is 3.43. The Morgan fingerprint density at radius 2 is 1.83 bits per heavy atom. The van der Waals surface area contributed by atoms with E-state index in [2.05, 4.69) is 0 Å². The van der Waals surface area contributed by atoms with Crippen molar-refractivity contribution in [1.82, 2.24) is 0 Å². The second-order valence-corrected chi connectivity index (χ2v) is 4.25. The van der Waals surface area contributed by atoms with E-state index in [-0.39, 0.29) is 0 Å². The molecule has 2 nitrogen and oxygen atoms in total. The van der Waals surface area contributed by atoms with Crippen molar-refractivity contribution in [1.29, 1.82) is 0 Å². The quantitative estimate of drug-likeness (QED) is 0.680. The van der Waals surface area contributed by atoms with E-state index in [4.69, 9.17) is 10.5 Å². The molecule has 2 N–H and O–H groups in total. The van der Waals surface area contributed by atoms with Crippen molar-refractivity contribution >= 4 is 0 Å². The molecular formula is C10H19NO. The summed E-state index contributed by atoms with van der Waals surface area (Å²) in [6.45, 7) is 1.87. The van der Waals surface area contributed by atoms with Gasteiger partial charge in [-0.3, -0.25) is 0 Å². The highest BCUT2D eigenvalue weighted by Crippen LogP contribution is 2.33. The van der Waals surface area contributed by atoms with Crippen LogP contribution in [0.1, 0.15) is 32.1 Å². The van der Waals surface area contributed by atoms with Crippen LogP contribution < -0.4 is 5.73 Å². The van der Waals surface area contributed by atoms with Crippen LogP contribution in [0.2, 0.25) is 0 Å². The lowest BCUT2D eigenvalue weighted by atomic mass is 9.74. The molecule has 0 spiro atoms. The monoisotopic (exact) mass is 169 g/mol. The van der Waals surface area contributed by atoms with Gasteiger partial charge in [0.2, 0.25) is 0 Å². The van der Waals surface area contributed by atoms with Gasteiger partial charge in [0.15, 0.2) is 0 Å². The maximum absolute atomic E-state index is 6.17. The summed E-state index contributed by atoms with van der Waals surface area (Å²) >= 11 is 0. The first kappa shape index (κ1) is 8.52. The van der Waals surface area contributed by atoms with Gasteiger partial charge < -0.3 is 10.5 Å². The highest BCUT2D eigenvalue weighted by atomic mass is 16.5. The predicted octanol–water partition coefficient (Wildman–Crippen LogP) is 1.54. The molecule has 0 aromatic carbocycles. The van der Waals surface area contributed by atoms with Gasteiger partial charge in [-0.25, -0.2) is 0 Å². The van der Waals surface area contributed by atoms with Gasteiger partial charge in [0, 0.05) is 12.6 Å². The fraction of sp³-hybridized carbons (Fsp3) is 1.00. The van der Waals surface area contributed by atoms with Crippen molar-refractivity contribution in [2.75, 3.05) is 13.2 Å². The van der Waals surface area contributed by atoms with Crippen molar-refractivity contribution in [2.45, 2.75) is 38.1 Å². The van der Waals surface area contributed by atoms with Crippen molar-refractivity contribution in [3.63, 3.8) is 0 Å². The fourth-order valence-electron chi connectivity index (χ4n) is 2.28. The van der Waals surface area contributed by atoms with Crippen LogP contribution in [0.25, 0.3) is 0 Å². The average molecular weight is 169 g/mol. The molecule has 1 aliphatic heterocycles. The van der Waals surface area contributed by atoms with Crippen molar-refractivity contribution < 1.29 is 4.74 Å². The number of rotatable bonds is 2. The molecule has 2 aliphatic rings. The van der Waals surface area contributed by atoms with E-state index < -0.39 is 0 Å². The second kappa shape index (κ2) is 3.75. The fourth-order valence-corrected chi connectivity index (χ4v) is 2.28. The van der Waals surface area contributed by atoms with Crippen LogP contribution in [0.4, 0.5) is 0 Å². The van der Waals surface area contributed by atoms with Crippen LogP contribution in [0.3, 0.4) is 0 Å². The highest BCUT2D eigenvalue weighted by molar-refractivity contribution is 4.86. The minimum atomic E-state index is 0.430. The van der Waals surface area contributed by atoms with Gasteiger partial charge in [-0.15, -0.1) is 0 Å². The normalized spacial score (nSPS) is 34.2. The lowest BCUT2D eigenvalue weighted by molar-refractivity contribution is 0.0281. The Morgan fingerprint density at radius 3 is 2.33 bits per heavy atom. The maximum atomic E-state index is 6.17. The van der Waals surface area contributed by atoms with E-state index >= 15 is 0 Å². The Bertz CT molecular complexity index is 139. The number of nitrogens with two attached hydrogens (primary N) is 1. The van der Waals surface area contributed by atoms with E-state index in [0.29, 0.717) is 12.0 Å². The van der Waals surface area contributed by atoms with Crippen LogP contribution in [0, 0.1) is 11.8 Å². The third kappa shape index (κ3) is 1.64. The molecular weight excluding hydrogens is 150 g/mol. The molecule has 0 aromatic heterocycles. The van der Waals surface area contributed by atoms with E-state index in [1.54, 1.807) is 0 Å². The zero-order chi connectivity index (χ0) is 8.39. The molecule has 0 amide bonds. The predicted molar refractivity (Wildman–Crippen MR) is 48.9 cm³/mol. The Balaban J connectivity index is 1.80. The van der Waals surface area contributed by atoms with Gasteiger partial charge in [-0.1, -0.05) is 6.42 Å². The molecule has 1 saturated heterocycles. The van der Waals surface area contributed by atoms with E-state index in [1.807, 2.05) is 0 Å². The average Bonchev–Trinajstić information content (AvgIpc) is 2.03.